The molecular formula is C18H17N5O4S. The van der Waals surface area contributed by atoms with Gasteiger partial charge in [-0.05, 0) is 13.0 Å². The summed E-state index contributed by atoms with van der Waals surface area (Å²) in [6.07, 6.45) is 0. The lowest BCUT2D eigenvalue weighted by Gasteiger charge is -2.08. The van der Waals surface area contributed by atoms with Gasteiger partial charge >= 0.3 is 0 Å². The summed E-state index contributed by atoms with van der Waals surface area (Å²) in [4.78, 5) is 22.3. The molecule has 0 saturated carbocycles. The first-order valence-corrected chi connectivity index (χ1v) is 9.36. The SMILES string of the molecule is CCn1c(SCC(=O)Nc2ccc([N+](=O)[O-])cc2O)nnc1-c1ccccc1. The van der Waals surface area contributed by atoms with Crippen LogP contribution in [0.15, 0.2) is 53.7 Å². The van der Waals surface area contributed by atoms with Gasteiger partial charge in [-0.2, -0.15) is 0 Å². The van der Waals surface area contributed by atoms with Crippen molar-refractivity contribution in [3.63, 3.8) is 0 Å². The number of phenols is 1. The largest absolute Gasteiger partial charge is 0.506 e. The van der Waals surface area contributed by atoms with Crippen LogP contribution in [-0.2, 0) is 11.3 Å². The minimum atomic E-state index is -0.622. The molecule has 28 heavy (non-hydrogen) atoms. The van der Waals surface area contributed by atoms with Crippen LogP contribution in [0, 0.1) is 10.1 Å². The van der Waals surface area contributed by atoms with Crippen LogP contribution in [-0.4, -0.2) is 36.5 Å². The molecular weight excluding hydrogens is 382 g/mol. The van der Waals surface area contributed by atoms with Crippen LogP contribution in [0.5, 0.6) is 5.75 Å². The first-order chi connectivity index (χ1) is 13.5. The molecule has 1 aromatic heterocycles. The van der Waals surface area contributed by atoms with Crippen molar-refractivity contribution >= 4 is 29.0 Å². The summed E-state index contributed by atoms with van der Waals surface area (Å²) in [6.45, 7) is 2.61. The second kappa shape index (κ2) is 8.53. The molecule has 0 aliphatic carbocycles. The number of carbonyl (C=O) groups is 1. The highest BCUT2D eigenvalue weighted by Crippen LogP contribution is 2.28. The van der Waals surface area contributed by atoms with Gasteiger partial charge in [0.2, 0.25) is 5.91 Å². The highest BCUT2D eigenvalue weighted by atomic mass is 32.2. The zero-order valence-electron chi connectivity index (χ0n) is 14.9. The van der Waals surface area contributed by atoms with E-state index in [-0.39, 0.29) is 28.8 Å². The molecule has 0 aliphatic heterocycles. The van der Waals surface area contributed by atoms with Crippen LogP contribution in [0.25, 0.3) is 11.4 Å². The number of nitrogens with one attached hydrogen (secondary N) is 1. The van der Waals surface area contributed by atoms with Gasteiger partial charge in [-0.1, -0.05) is 42.1 Å². The quantitative estimate of drug-likeness (QED) is 0.270. The molecule has 0 saturated heterocycles. The van der Waals surface area contributed by atoms with E-state index in [1.54, 1.807) is 0 Å². The molecule has 1 heterocycles. The summed E-state index contributed by atoms with van der Waals surface area (Å²) in [5, 5.41) is 32.0. The van der Waals surface area contributed by atoms with E-state index < -0.39 is 4.92 Å². The molecule has 0 bridgehead atoms. The number of anilines is 1. The molecule has 144 valence electrons. The van der Waals surface area contributed by atoms with E-state index in [9.17, 15) is 20.0 Å². The Morgan fingerprint density at radius 1 is 1.25 bits per heavy atom. The van der Waals surface area contributed by atoms with Crippen LogP contribution in [0.3, 0.4) is 0 Å². The summed E-state index contributed by atoms with van der Waals surface area (Å²) in [7, 11) is 0. The number of hydrogen-bond acceptors (Lipinski definition) is 7. The molecule has 0 radical (unpaired) electrons. The monoisotopic (exact) mass is 399 g/mol. The van der Waals surface area contributed by atoms with Crippen molar-refractivity contribution in [3.05, 3.63) is 58.6 Å². The molecule has 0 unspecified atom stereocenters. The average molecular weight is 399 g/mol. The Hall–Kier alpha value is -3.40. The molecule has 3 aromatic rings. The van der Waals surface area contributed by atoms with Crippen molar-refractivity contribution in [2.24, 2.45) is 0 Å². The van der Waals surface area contributed by atoms with Crippen molar-refractivity contribution in [3.8, 4) is 17.1 Å². The van der Waals surface area contributed by atoms with Gasteiger partial charge in [0.1, 0.15) is 5.75 Å². The number of carbonyl (C=O) groups excluding carboxylic acids is 1. The van der Waals surface area contributed by atoms with Crippen LogP contribution in [0.1, 0.15) is 6.92 Å². The molecule has 10 heteroatoms. The van der Waals surface area contributed by atoms with Crippen molar-refractivity contribution in [2.45, 2.75) is 18.6 Å². The van der Waals surface area contributed by atoms with Crippen LogP contribution in [0.2, 0.25) is 0 Å². The van der Waals surface area contributed by atoms with Gasteiger partial charge in [0.05, 0.1) is 22.4 Å². The lowest BCUT2D eigenvalue weighted by Crippen LogP contribution is -2.14. The zero-order chi connectivity index (χ0) is 20.1. The molecule has 0 fully saturated rings. The predicted octanol–water partition coefficient (Wildman–Crippen LogP) is 3.31. The lowest BCUT2D eigenvalue weighted by molar-refractivity contribution is -0.384. The molecule has 0 spiro atoms. The van der Waals surface area contributed by atoms with Gasteiger partial charge in [-0.15, -0.1) is 10.2 Å². The second-order valence-corrected chi connectivity index (χ2v) is 6.65. The van der Waals surface area contributed by atoms with E-state index >= 15 is 0 Å². The number of hydrogen-bond donors (Lipinski definition) is 2. The van der Waals surface area contributed by atoms with Crippen LogP contribution < -0.4 is 5.32 Å². The maximum atomic E-state index is 12.2. The summed E-state index contributed by atoms with van der Waals surface area (Å²) >= 11 is 1.22. The molecule has 2 N–H and O–H groups in total. The molecule has 2 aromatic carbocycles. The Balaban J connectivity index is 1.67. The van der Waals surface area contributed by atoms with Gasteiger partial charge in [-0.3, -0.25) is 14.9 Å². The Morgan fingerprint density at radius 2 is 2.00 bits per heavy atom. The van der Waals surface area contributed by atoms with E-state index in [4.69, 9.17) is 0 Å². The van der Waals surface area contributed by atoms with Gasteiger partial charge in [0.25, 0.3) is 5.69 Å². The molecule has 9 nitrogen and oxygen atoms in total. The van der Waals surface area contributed by atoms with Gasteiger partial charge < -0.3 is 15.0 Å². The summed E-state index contributed by atoms with van der Waals surface area (Å²) in [5.41, 5.74) is 0.788. The van der Waals surface area contributed by atoms with Gasteiger partial charge in [-0.25, -0.2) is 0 Å². The fourth-order valence-electron chi connectivity index (χ4n) is 2.54. The minimum Gasteiger partial charge on any atom is -0.506 e. The van der Waals surface area contributed by atoms with Crippen LogP contribution >= 0.6 is 11.8 Å². The number of thioether (sulfide) groups is 1. The van der Waals surface area contributed by atoms with Crippen molar-refractivity contribution in [2.75, 3.05) is 11.1 Å². The number of aromatic hydroxyl groups is 1. The van der Waals surface area contributed by atoms with E-state index in [0.717, 1.165) is 17.5 Å². The number of nitro benzene ring substituents is 1. The summed E-state index contributed by atoms with van der Waals surface area (Å²) < 4.78 is 1.91. The lowest BCUT2D eigenvalue weighted by atomic mass is 10.2. The summed E-state index contributed by atoms with van der Waals surface area (Å²) in [5.74, 6) is 0.0271. The van der Waals surface area contributed by atoms with Crippen molar-refractivity contribution in [1.29, 1.82) is 0 Å². The normalized spacial score (nSPS) is 10.6. The highest BCUT2D eigenvalue weighted by Gasteiger charge is 2.16. The average Bonchev–Trinajstić information content (AvgIpc) is 3.11. The van der Waals surface area contributed by atoms with Crippen LogP contribution in [0.4, 0.5) is 11.4 Å². The van der Waals surface area contributed by atoms with Crippen molar-refractivity contribution in [1.82, 2.24) is 14.8 Å². The Kier molecular flexibility index (Phi) is 5.90. The second-order valence-electron chi connectivity index (χ2n) is 5.71. The van der Waals surface area contributed by atoms with Gasteiger partial charge in [0.15, 0.2) is 11.0 Å². The number of benzene rings is 2. The predicted molar refractivity (Wildman–Crippen MR) is 105 cm³/mol. The fourth-order valence-corrected chi connectivity index (χ4v) is 3.34. The maximum Gasteiger partial charge on any atom is 0.273 e. The number of rotatable bonds is 7. The Bertz CT molecular complexity index is 1010. The van der Waals surface area contributed by atoms with E-state index in [2.05, 4.69) is 15.5 Å². The third-order valence-electron chi connectivity index (χ3n) is 3.86. The van der Waals surface area contributed by atoms with Crippen molar-refractivity contribution < 1.29 is 14.8 Å². The van der Waals surface area contributed by atoms with E-state index in [0.29, 0.717) is 11.7 Å². The fraction of sp³-hybridized carbons (Fsp3) is 0.167. The first kappa shape index (κ1) is 19.4. The zero-order valence-corrected chi connectivity index (χ0v) is 15.7. The van der Waals surface area contributed by atoms with E-state index in [1.165, 1.54) is 23.9 Å². The number of nitrogens with zero attached hydrogens (tertiary/aromatic N) is 4. The first-order valence-electron chi connectivity index (χ1n) is 8.38. The number of non-ortho nitro benzene ring substituents is 1. The molecule has 1 amide bonds. The standard InChI is InChI=1S/C18H17N5O4S/c1-2-22-17(12-6-4-3-5-7-12)20-21-18(22)28-11-16(25)19-14-9-8-13(23(26)27)10-15(14)24/h3-10,24H,2,11H2,1H3,(H,19,25). The minimum absolute atomic E-state index is 0.0450. The Morgan fingerprint density at radius 3 is 2.64 bits per heavy atom. The third-order valence-corrected chi connectivity index (χ3v) is 4.83. The number of nitro groups is 1. The number of amides is 1. The molecule has 0 aliphatic rings. The smallest absolute Gasteiger partial charge is 0.273 e. The molecule has 0 atom stereocenters. The van der Waals surface area contributed by atoms with Gasteiger partial charge in [0, 0.05) is 18.2 Å². The number of phenolic OH excluding ortho intramolecular Hbond substituents is 1. The maximum absolute atomic E-state index is 12.2. The topological polar surface area (TPSA) is 123 Å². The number of aromatic nitrogens is 3. The molecule has 3 rings (SSSR count). The summed E-state index contributed by atoms with van der Waals surface area (Å²) in [6, 6.07) is 13.1. The third kappa shape index (κ3) is 4.29. The Labute approximate surface area is 164 Å². The van der Waals surface area contributed by atoms with E-state index in [1.807, 2.05) is 41.8 Å². The highest BCUT2D eigenvalue weighted by molar-refractivity contribution is 7.99.